The van der Waals surface area contributed by atoms with Crippen LogP contribution in [0.15, 0.2) is 35.1 Å². The zero-order valence-electron chi connectivity index (χ0n) is 11.3. The molecule has 3 rings (SSSR count). The molecule has 1 fully saturated rings. The van der Waals surface area contributed by atoms with E-state index in [-0.39, 0.29) is 12.4 Å². The van der Waals surface area contributed by atoms with Crippen molar-refractivity contribution in [2.45, 2.75) is 12.6 Å². The van der Waals surface area contributed by atoms with Crippen LogP contribution in [0.5, 0.6) is 0 Å². The largest absolute Gasteiger partial charge is 0.314 e. The van der Waals surface area contributed by atoms with E-state index < -0.39 is 0 Å². The molecule has 1 N–H and O–H groups in total. The highest BCUT2D eigenvalue weighted by Gasteiger charge is 2.24. The van der Waals surface area contributed by atoms with E-state index in [1.165, 1.54) is 10.4 Å². The van der Waals surface area contributed by atoms with Gasteiger partial charge in [0, 0.05) is 54.0 Å². The molecule has 1 aliphatic heterocycles. The second-order valence-electron chi connectivity index (χ2n) is 4.81. The number of aromatic nitrogens is 1. The fourth-order valence-corrected chi connectivity index (χ4v) is 4.34. The molecule has 1 saturated heterocycles. The molecule has 2 aromatic rings. The molecule has 0 spiro atoms. The molecule has 21 heavy (non-hydrogen) atoms. The molecule has 0 amide bonds. The molecule has 1 unspecified atom stereocenters. The van der Waals surface area contributed by atoms with Crippen LogP contribution in [0.4, 0.5) is 0 Å². The number of thiophene rings is 1. The van der Waals surface area contributed by atoms with Crippen LogP contribution in [-0.4, -0.2) is 29.5 Å². The van der Waals surface area contributed by atoms with Crippen molar-refractivity contribution in [3.63, 3.8) is 0 Å². The quantitative estimate of drug-likeness (QED) is 0.827. The first-order valence-corrected chi connectivity index (χ1v) is 8.51. The summed E-state index contributed by atoms with van der Waals surface area (Å²) in [6.45, 7) is 3.98. The lowest BCUT2D eigenvalue weighted by Gasteiger charge is -2.36. The average Bonchev–Trinajstić information content (AvgIpc) is 2.79. The van der Waals surface area contributed by atoms with Gasteiger partial charge in [0.1, 0.15) is 4.34 Å². The Labute approximate surface area is 148 Å². The summed E-state index contributed by atoms with van der Waals surface area (Å²) in [7, 11) is 0. The minimum atomic E-state index is 0. The number of hydrogen-bond acceptors (Lipinski definition) is 4. The Morgan fingerprint density at radius 2 is 2.19 bits per heavy atom. The molecule has 114 valence electrons. The number of halogens is 3. The zero-order chi connectivity index (χ0) is 13.9. The molecule has 3 nitrogen and oxygen atoms in total. The summed E-state index contributed by atoms with van der Waals surface area (Å²) in [5.74, 6) is 0. The zero-order valence-corrected chi connectivity index (χ0v) is 15.2. The van der Waals surface area contributed by atoms with Gasteiger partial charge in [-0.3, -0.25) is 9.88 Å². The van der Waals surface area contributed by atoms with Crippen molar-refractivity contribution in [2.75, 3.05) is 19.6 Å². The number of pyridine rings is 1. The van der Waals surface area contributed by atoms with Crippen molar-refractivity contribution in [1.29, 1.82) is 0 Å². The molecular formula is C14H16BrCl2N3S. The van der Waals surface area contributed by atoms with Crippen molar-refractivity contribution in [1.82, 2.24) is 15.2 Å². The highest BCUT2D eigenvalue weighted by molar-refractivity contribution is 9.10. The van der Waals surface area contributed by atoms with E-state index in [4.69, 9.17) is 11.6 Å². The molecule has 3 heterocycles. The van der Waals surface area contributed by atoms with Crippen LogP contribution in [0.1, 0.15) is 16.5 Å². The van der Waals surface area contributed by atoms with Crippen LogP contribution in [0, 0.1) is 0 Å². The monoisotopic (exact) mass is 407 g/mol. The molecular weight excluding hydrogens is 393 g/mol. The van der Waals surface area contributed by atoms with Gasteiger partial charge < -0.3 is 5.32 Å². The van der Waals surface area contributed by atoms with Gasteiger partial charge in [0.25, 0.3) is 0 Å². The van der Waals surface area contributed by atoms with Crippen molar-refractivity contribution in [2.24, 2.45) is 0 Å². The summed E-state index contributed by atoms with van der Waals surface area (Å²) in [6, 6.07) is 6.72. The Bertz CT molecular complexity index is 559. The third kappa shape index (κ3) is 4.18. The maximum Gasteiger partial charge on any atom is 0.107 e. The van der Waals surface area contributed by atoms with Crippen LogP contribution >= 0.6 is 51.3 Å². The van der Waals surface area contributed by atoms with Crippen molar-refractivity contribution in [3.05, 3.63) is 49.8 Å². The number of piperazine rings is 1. The molecule has 0 radical (unpaired) electrons. The summed E-state index contributed by atoms with van der Waals surface area (Å²) in [5, 5.41) is 3.47. The van der Waals surface area contributed by atoms with Crippen molar-refractivity contribution < 1.29 is 0 Å². The van der Waals surface area contributed by atoms with Crippen molar-refractivity contribution in [3.8, 4) is 0 Å². The van der Waals surface area contributed by atoms with Gasteiger partial charge in [0.15, 0.2) is 0 Å². The van der Waals surface area contributed by atoms with E-state index in [1.807, 2.05) is 12.4 Å². The molecule has 2 aromatic heterocycles. The van der Waals surface area contributed by atoms with Gasteiger partial charge in [-0.15, -0.1) is 23.7 Å². The standard InChI is InChI=1S/C14H15BrClN3S.ClH/c15-12-7-11(20-14(12)16)9-19-6-5-18-8-13(19)10-1-3-17-4-2-10;/h1-4,7,13,18H,5-6,8-9H2;1H. The SMILES string of the molecule is Cl.Clc1sc(CN2CCNCC2c2ccncc2)cc1Br. The smallest absolute Gasteiger partial charge is 0.107 e. The van der Waals surface area contributed by atoms with E-state index in [0.717, 1.165) is 35.0 Å². The normalized spacial score (nSPS) is 19.2. The van der Waals surface area contributed by atoms with Crippen LogP contribution in [0.25, 0.3) is 0 Å². The van der Waals surface area contributed by atoms with Gasteiger partial charge in [0.05, 0.1) is 0 Å². The Kier molecular flexibility index (Phi) is 6.47. The van der Waals surface area contributed by atoms with E-state index in [1.54, 1.807) is 11.3 Å². The molecule has 0 bridgehead atoms. The highest BCUT2D eigenvalue weighted by atomic mass is 79.9. The van der Waals surface area contributed by atoms with Gasteiger partial charge in [0.2, 0.25) is 0 Å². The maximum atomic E-state index is 6.13. The minimum Gasteiger partial charge on any atom is -0.314 e. The third-order valence-corrected chi connectivity index (χ3v) is 5.96. The molecule has 1 aliphatic rings. The highest BCUT2D eigenvalue weighted by Crippen LogP contribution is 2.34. The Morgan fingerprint density at radius 1 is 1.43 bits per heavy atom. The summed E-state index contributed by atoms with van der Waals surface area (Å²) >= 11 is 11.3. The van der Waals surface area contributed by atoms with E-state index in [0.29, 0.717) is 6.04 Å². The van der Waals surface area contributed by atoms with E-state index in [2.05, 4.69) is 49.3 Å². The number of nitrogens with zero attached hydrogens (tertiary/aromatic N) is 2. The first-order valence-electron chi connectivity index (χ1n) is 6.52. The number of hydrogen-bond donors (Lipinski definition) is 1. The van der Waals surface area contributed by atoms with Crippen LogP contribution in [0.3, 0.4) is 0 Å². The van der Waals surface area contributed by atoms with Gasteiger partial charge in [-0.2, -0.15) is 0 Å². The minimum absolute atomic E-state index is 0. The second-order valence-corrected chi connectivity index (χ2v) is 7.40. The van der Waals surface area contributed by atoms with Crippen molar-refractivity contribution >= 4 is 51.3 Å². The van der Waals surface area contributed by atoms with Gasteiger partial charge in [-0.05, 0) is 39.7 Å². The molecule has 0 aliphatic carbocycles. The number of nitrogens with one attached hydrogen (secondary N) is 1. The lowest BCUT2D eigenvalue weighted by Crippen LogP contribution is -2.45. The summed E-state index contributed by atoms with van der Waals surface area (Å²) in [5.41, 5.74) is 1.31. The summed E-state index contributed by atoms with van der Waals surface area (Å²) < 4.78 is 1.82. The van der Waals surface area contributed by atoms with Crippen LogP contribution in [0.2, 0.25) is 4.34 Å². The maximum absolute atomic E-state index is 6.13. The summed E-state index contributed by atoms with van der Waals surface area (Å²) in [4.78, 5) is 7.90. The Balaban J connectivity index is 0.00000161. The van der Waals surface area contributed by atoms with E-state index >= 15 is 0 Å². The molecule has 0 saturated carbocycles. The molecule has 0 aromatic carbocycles. The predicted molar refractivity (Wildman–Crippen MR) is 94.5 cm³/mol. The third-order valence-electron chi connectivity index (χ3n) is 3.50. The second kappa shape index (κ2) is 7.90. The molecule has 7 heteroatoms. The number of rotatable bonds is 3. The summed E-state index contributed by atoms with van der Waals surface area (Å²) in [6.07, 6.45) is 3.72. The van der Waals surface area contributed by atoms with Gasteiger partial charge >= 0.3 is 0 Å². The van der Waals surface area contributed by atoms with E-state index in [9.17, 15) is 0 Å². The van der Waals surface area contributed by atoms with Gasteiger partial charge in [-0.25, -0.2) is 0 Å². The predicted octanol–water partition coefficient (Wildman–Crippen LogP) is 4.13. The van der Waals surface area contributed by atoms with Gasteiger partial charge in [-0.1, -0.05) is 11.6 Å². The Hall–Kier alpha value is -0.170. The fourth-order valence-electron chi connectivity index (χ4n) is 2.52. The lowest BCUT2D eigenvalue weighted by molar-refractivity contribution is 0.155. The first kappa shape index (κ1) is 17.2. The molecule has 1 atom stereocenters. The topological polar surface area (TPSA) is 28.2 Å². The lowest BCUT2D eigenvalue weighted by atomic mass is 10.0. The van der Waals surface area contributed by atoms with Crippen LogP contribution in [-0.2, 0) is 6.54 Å². The fraction of sp³-hybridized carbons (Fsp3) is 0.357. The van der Waals surface area contributed by atoms with Crippen LogP contribution < -0.4 is 5.32 Å². The first-order chi connectivity index (χ1) is 9.74. The average molecular weight is 409 g/mol. The Morgan fingerprint density at radius 3 is 2.86 bits per heavy atom.